The quantitative estimate of drug-likeness (QED) is 0.478. The van der Waals surface area contributed by atoms with Crippen LogP contribution in [0.3, 0.4) is 0 Å². The summed E-state index contributed by atoms with van der Waals surface area (Å²) in [6.07, 6.45) is 2.99. The zero-order valence-corrected chi connectivity index (χ0v) is 17.4. The summed E-state index contributed by atoms with van der Waals surface area (Å²) in [4.78, 5) is 36.5. The molecule has 0 bridgehead atoms. The molecule has 4 rings (SSSR count). The molecule has 7 heteroatoms. The van der Waals surface area contributed by atoms with Crippen molar-refractivity contribution < 1.29 is 28.6 Å². The Morgan fingerprint density at radius 2 is 1.94 bits per heavy atom. The van der Waals surface area contributed by atoms with Gasteiger partial charge in [-0.1, -0.05) is 41.9 Å². The molecule has 1 aliphatic heterocycles. The number of fused-ring (bicyclic) bond motifs is 1. The van der Waals surface area contributed by atoms with Crippen LogP contribution in [-0.2, 0) is 19.1 Å². The van der Waals surface area contributed by atoms with E-state index in [-0.39, 0.29) is 42.7 Å². The van der Waals surface area contributed by atoms with Gasteiger partial charge in [-0.05, 0) is 36.4 Å². The van der Waals surface area contributed by atoms with Gasteiger partial charge in [0.2, 0.25) is 0 Å². The third-order valence-electron chi connectivity index (χ3n) is 5.50. The van der Waals surface area contributed by atoms with Gasteiger partial charge in [0.1, 0.15) is 18.0 Å². The molecule has 4 atom stereocenters. The SMILES string of the molecule is O=C(C=C[C@@H]1[C@@H]2CC(=O)O[C@@H]2C[C@H]1OC(=O)c1ccccc1)COc1cccc(Cl)c1. The first-order chi connectivity index (χ1) is 15.0. The summed E-state index contributed by atoms with van der Waals surface area (Å²) < 4.78 is 16.6. The van der Waals surface area contributed by atoms with Gasteiger partial charge < -0.3 is 14.2 Å². The van der Waals surface area contributed by atoms with Gasteiger partial charge in [0.25, 0.3) is 0 Å². The van der Waals surface area contributed by atoms with E-state index in [9.17, 15) is 14.4 Å². The fraction of sp³-hybridized carbons (Fsp3) is 0.292. The first kappa shape index (κ1) is 21.1. The van der Waals surface area contributed by atoms with E-state index in [1.165, 1.54) is 6.08 Å². The Morgan fingerprint density at radius 3 is 2.71 bits per heavy atom. The van der Waals surface area contributed by atoms with Crippen molar-refractivity contribution in [1.82, 2.24) is 0 Å². The third-order valence-corrected chi connectivity index (χ3v) is 5.74. The van der Waals surface area contributed by atoms with Gasteiger partial charge >= 0.3 is 11.9 Å². The van der Waals surface area contributed by atoms with Crippen LogP contribution in [0.2, 0.25) is 5.02 Å². The maximum absolute atomic E-state index is 12.5. The van der Waals surface area contributed by atoms with Crippen molar-refractivity contribution in [1.29, 1.82) is 0 Å². The summed E-state index contributed by atoms with van der Waals surface area (Å²) in [5.74, 6) is -0.873. The van der Waals surface area contributed by atoms with Crippen LogP contribution in [0.5, 0.6) is 5.75 Å². The van der Waals surface area contributed by atoms with Gasteiger partial charge in [0.05, 0.1) is 12.0 Å². The number of carbonyl (C=O) groups excluding carboxylic acids is 3. The van der Waals surface area contributed by atoms with Crippen LogP contribution in [0.15, 0.2) is 66.7 Å². The molecule has 1 aliphatic carbocycles. The summed E-state index contributed by atoms with van der Waals surface area (Å²) in [5, 5.41) is 0.520. The molecule has 0 amide bonds. The number of rotatable bonds is 7. The van der Waals surface area contributed by atoms with Gasteiger partial charge in [0.15, 0.2) is 12.4 Å². The van der Waals surface area contributed by atoms with E-state index in [0.717, 1.165) is 0 Å². The normalized spacial score (nSPS) is 24.6. The molecule has 1 saturated carbocycles. The molecule has 0 unspecified atom stereocenters. The van der Waals surface area contributed by atoms with Crippen molar-refractivity contribution in [3.8, 4) is 5.75 Å². The average Bonchev–Trinajstić information content (AvgIpc) is 3.27. The number of ether oxygens (including phenoxy) is 3. The van der Waals surface area contributed by atoms with Crippen LogP contribution in [0.1, 0.15) is 23.2 Å². The Balaban J connectivity index is 1.41. The Labute approximate surface area is 184 Å². The first-order valence-electron chi connectivity index (χ1n) is 10.0. The highest BCUT2D eigenvalue weighted by molar-refractivity contribution is 6.30. The van der Waals surface area contributed by atoms with Crippen LogP contribution in [0.4, 0.5) is 0 Å². The van der Waals surface area contributed by atoms with Gasteiger partial charge in [0, 0.05) is 23.3 Å². The van der Waals surface area contributed by atoms with Crippen LogP contribution in [0, 0.1) is 11.8 Å². The Bertz CT molecular complexity index is 1000. The molecule has 6 nitrogen and oxygen atoms in total. The number of carbonyl (C=O) groups is 3. The Kier molecular flexibility index (Phi) is 6.37. The number of esters is 2. The number of benzene rings is 2. The summed E-state index contributed by atoms with van der Waals surface area (Å²) in [5.41, 5.74) is 0.449. The Morgan fingerprint density at radius 1 is 1.13 bits per heavy atom. The predicted octanol–water partition coefficient (Wildman–Crippen LogP) is 4.02. The van der Waals surface area contributed by atoms with Crippen LogP contribution >= 0.6 is 11.6 Å². The highest BCUT2D eigenvalue weighted by atomic mass is 35.5. The maximum atomic E-state index is 12.5. The highest BCUT2D eigenvalue weighted by Crippen LogP contribution is 2.43. The monoisotopic (exact) mass is 440 g/mol. The molecule has 2 aliphatic rings. The third kappa shape index (κ3) is 5.14. The second-order valence-electron chi connectivity index (χ2n) is 7.59. The van der Waals surface area contributed by atoms with Crippen molar-refractivity contribution >= 4 is 29.3 Å². The summed E-state index contributed by atoms with van der Waals surface area (Å²) in [7, 11) is 0. The Hall–Kier alpha value is -3.12. The van der Waals surface area contributed by atoms with Crippen molar-refractivity contribution in [3.05, 3.63) is 77.3 Å². The summed E-state index contributed by atoms with van der Waals surface area (Å²) >= 11 is 5.91. The zero-order chi connectivity index (χ0) is 21.8. The molecule has 160 valence electrons. The number of hydrogen-bond acceptors (Lipinski definition) is 6. The minimum absolute atomic E-state index is 0.126. The standard InChI is InChI=1S/C24H21ClO6/c25-16-7-4-8-18(11-16)29-14-17(26)9-10-19-20-12-23(27)30-22(20)13-21(19)31-24(28)15-5-2-1-3-6-15/h1-11,19-22H,12-14H2/t19-,20+,21-,22-/m1/s1. The average molecular weight is 441 g/mol. The van der Waals surface area contributed by atoms with E-state index in [0.29, 0.717) is 22.8 Å². The second-order valence-corrected chi connectivity index (χ2v) is 8.03. The second kappa shape index (κ2) is 9.35. The fourth-order valence-corrected chi connectivity index (χ4v) is 4.23. The molecule has 2 aromatic rings. The summed E-state index contributed by atoms with van der Waals surface area (Å²) in [6, 6.07) is 15.5. The molecular formula is C24H21ClO6. The van der Waals surface area contributed by atoms with E-state index < -0.39 is 12.1 Å². The summed E-state index contributed by atoms with van der Waals surface area (Å²) in [6.45, 7) is -0.151. The lowest BCUT2D eigenvalue weighted by molar-refractivity contribution is -0.141. The molecule has 1 heterocycles. The molecule has 2 aromatic carbocycles. The first-order valence-corrected chi connectivity index (χ1v) is 10.4. The molecule has 0 radical (unpaired) electrons. The van der Waals surface area contributed by atoms with Gasteiger partial charge in [-0.25, -0.2) is 4.79 Å². The lowest BCUT2D eigenvalue weighted by Gasteiger charge is -2.20. The molecule has 0 spiro atoms. The van der Waals surface area contributed by atoms with Crippen molar-refractivity contribution in [2.45, 2.75) is 25.0 Å². The minimum atomic E-state index is -0.478. The van der Waals surface area contributed by atoms with E-state index in [4.69, 9.17) is 25.8 Å². The molecule has 31 heavy (non-hydrogen) atoms. The fourth-order valence-electron chi connectivity index (χ4n) is 4.05. The van der Waals surface area contributed by atoms with E-state index in [2.05, 4.69) is 0 Å². The maximum Gasteiger partial charge on any atom is 0.338 e. The van der Waals surface area contributed by atoms with Gasteiger partial charge in [-0.15, -0.1) is 0 Å². The van der Waals surface area contributed by atoms with Crippen molar-refractivity contribution in [3.63, 3.8) is 0 Å². The van der Waals surface area contributed by atoms with Gasteiger partial charge in [-0.2, -0.15) is 0 Å². The smallest absolute Gasteiger partial charge is 0.338 e. The van der Waals surface area contributed by atoms with Crippen LogP contribution in [0.25, 0.3) is 0 Å². The predicted molar refractivity (Wildman–Crippen MR) is 113 cm³/mol. The largest absolute Gasteiger partial charge is 0.485 e. The van der Waals surface area contributed by atoms with Crippen molar-refractivity contribution in [2.75, 3.05) is 6.61 Å². The minimum Gasteiger partial charge on any atom is -0.485 e. The molecule has 2 fully saturated rings. The van der Waals surface area contributed by atoms with Crippen LogP contribution in [-0.4, -0.2) is 36.5 Å². The van der Waals surface area contributed by atoms with E-state index in [1.54, 1.807) is 54.6 Å². The number of ketones is 1. The van der Waals surface area contributed by atoms with E-state index >= 15 is 0 Å². The lowest BCUT2D eigenvalue weighted by Crippen LogP contribution is -2.25. The van der Waals surface area contributed by atoms with Crippen LogP contribution < -0.4 is 4.74 Å². The molecule has 1 saturated heterocycles. The molecular weight excluding hydrogens is 420 g/mol. The number of hydrogen-bond donors (Lipinski definition) is 0. The zero-order valence-electron chi connectivity index (χ0n) is 16.6. The molecule has 0 aromatic heterocycles. The highest BCUT2D eigenvalue weighted by Gasteiger charge is 2.50. The van der Waals surface area contributed by atoms with E-state index in [1.807, 2.05) is 6.07 Å². The molecule has 0 N–H and O–H groups in total. The topological polar surface area (TPSA) is 78.9 Å². The van der Waals surface area contributed by atoms with Gasteiger partial charge in [-0.3, -0.25) is 9.59 Å². The van der Waals surface area contributed by atoms with Crippen molar-refractivity contribution in [2.24, 2.45) is 11.8 Å². The number of halogens is 1. The lowest BCUT2D eigenvalue weighted by atomic mass is 9.91.